The van der Waals surface area contributed by atoms with Gasteiger partial charge in [0, 0.05) is 6.07 Å². The first-order chi connectivity index (χ1) is 9.40. The summed E-state index contributed by atoms with van der Waals surface area (Å²) < 4.78 is 19.0. The molecule has 0 fully saturated rings. The number of halogens is 2. The van der Waals surface area contributed by atoms with E-state index >= 15 is 0 Å². The summed E-state index contributed by atoms with van der Waals surface area (Å²) in [7, 11) is 0. The van der Waals surface area contributed by atoms with Crippen LogP contribution in [0.3, 0.4) is 0 Å². The zero-order valence-corrected chi connectivity index (χ0v) is 12.2. The quantitative estimate of drug-likeness (QED) is 0.925. The Labute approximate surface area is 122 Å². The molecule has 0 radical (unpaired) electrons. The van der Waals surface area contributed by atoms with Crippen LogP contribution in [-0.4, -0.2) is 21.3 Å². The summed E-state index contributed by atoms with van der Waals surface area (Å²) in [5, 5.41) is 16.8. The number of carboxylic acids is 1. The maximum Gasteiger partial charge on any atom is 0.341 e. The Morgan fingerprint density at radius 3 is 2.65 bits per heavy atom. The van der Waals surface area contributed by atoms with Crippen LogP contribution in [0.4, 0.5) is 4.39 Å². The molecule has 0 aliphatic rings. The Kier molecular flexibility index (Phi) is 3.99. The van der Waals surface area contributed by atoms with Crippen LogP contribution in [-0.2, 0) is 0 Å². The number of aromatic nitrogens is 2. The van der Waals surface area contributed by atoms with Gasteiger partial charge in [0.25, 0.3) is 5.88 Å². The highest BCUT2D eigenvalue weighted by Gasteiger charge is 2.19. The molecule has 7 heteroatoms. The van der Waals surface area contributed by atoms with Crippen molar-refractivity contribution in [3.63, 3.8) is 0 Å². The van der Waals surface area contributed by atoms with Gasteiger partial charge >= 0.3 is 5.97 Å². The van der Waals surface area contributed by atoms with Crippen LogP contribution in [0.1, 0.15) is 21.6 Å². The third-order valence-electron chi connectivity index (χ3n) is 2.74. The van der Waals surface area contributed by atoms with Crippen LogP contribution in [0.25, 0.3) is 0 Å². The van der Waals surface area contributed by atoms with E-state index in [0.29, 0.717) is 11.3 Å². The average molecular weight is 341 g/mol. The standard InChI is InChI=1S/C13H10BrFN2O3/c1-6-7(2)16-17-12(11(6)13(18)19)20-8-3-4-9(14)10(15)5-8/h3-5H,1-2H3,(H,18,19). The fourth-order valence-corrected chi connectivity index (χ4v) is 1.81. The van der Waals surface area contributed by atoms with Gasteiger partial charge in [0.05, 0.1) is 10.2 Å². The number of aryl methyl sites for hydroxylation is 1. The van der Waals surface area contributed by atoms with Gasteiger partial charge in [-0.25, -0.2) is 9.18 Å². The van der Waals surface area contributed by atoms with Gasteiger partial charge in [-0.2, -0.15) is 5.10 Å². The minimum atomic E-state index is -1.17. The van der Waals surface area contributed by atoms with Gasteiger partial charge in [-0.3, -0.25) is 0 Å². The molecule has 0 aliphatic carbocycles. The zero-order valence-electron chi connectivity index (χ0n) is 10.6. The Balaban J connectivity index is 2.45. The predicted octanol–water partition coefficient (Wildman–Crippen LogP) is 3.49. The minimum absolute atomic E-state index is 0.0826. The van der Waals surface area contributed by atoms with Gasteiger partial charge in [0.15, 0.2) is 0 Å². The highest BCUT2D eigenvalue weighted by atomic mass is 79.9. The van der Waals surface area contributed by atoms with E-state index in [-0.39, 0.29) is 21.7 Å². The molecule has 1 N–H and O–H groups in total. The molecule has 0 aliphatic heterocycles. The Morgan fingerprint density at radius 2 is 2.05 bits per heavy atom. The summed E-state index contributed by atoms with van der Waals surface area (Å²) in [5.41, 5.74) is 0.873. The smallest absolute Gasteiger partial charge is 0.341 e. The molecule has 0 atom stereocenters. The Morgan fingerprint density at radius 1 is 1.35 bits per heavy atom. The lowest BCUT2D eigenvalue weighted by molar-refractivity contribution is 0.0692. The number of carboxylic acid groups (broad SMARTS) is 1. The van der Waals surface area contributed by atoms with Crippen molar-refractivity contribution < 1.29 is 19.0 Å². The van der Waals surface area contributed by atoms with Crippen molar-refractivity contribution in [3.8, 4) is 11.6 Å². The third-order valence-corrected chi connectivity index (χ3v) is 3.38. The van der Waals surface area contributed by atoms with Crippen LogP contribution in [0.5, 0.6) is 11.6 Å². The third kappa shape index (κ3) is 2.77. The summed E-state index contributed by atoms with van der Waals surface area (Å²) in [6, 6.07) is 4.09. The molecule has 1 heterocycles. The molecular weight excluding hydrogens is 331 g/mol. The molecule has 0 amide bonds. The highest BCUT2D eigenvalue weighted by molar-refractivity contribution is 9.10. The lowest BCUT2D eigenvalue weighted by Crippen LogP contribution is -2.08. The maximum atomic E-state index is 13.4. The number of benzene rings is 1. The summed E-state index contributed by atoms with van der Waals surface area (Å²) in [6.45, 7) is 3.26. The summed E-state index contributed by atoms with van der Waals surface area (Å²) in [4.78, 5) is 11.3. The molecule has 0 saturated heterocycles. The molecular formula is C13H10BrFN2O3. The summed E-state index contributed by atoms with van der Waals surface area (Å²) in [5.74, 6) is -1.71. The van der Waals surface area contributed by atoms with Gasteiger partial charge in [-0.15, -0.1) is 5.10 Å². The number of nitrogens with zero attached hydrogens (tertiary/aromatic N) is 2. The maximum absolute atomic E-state index is 13.4. The first-order valence-corrected chi connectivity index (χ1v) is 6.39. The van der Waals surface area contributed by atoms with Gasteiger partial charge in [0.1, 0.15) is 17.1 Å². The fourth-order valence-electron chi connectivity index (χ4n) is 1.56. The normalized spacial score (nSPS) is 10.4. The second-order valence-corrected chi connectivity index (χ2v) is 4.93. The van der Waals surface area contributed by atoms with Crippen molar-refractivity contribution >= 4 is 21.9 Å². The lowest BCUT2D eigenvalue weighted by atomic mass is 10.1. The number of ether oxygens (including phenoxy) is 1. The van der Waals surface area contributed by atoms with Crippen molar-refractivity contribution in [1.29, 1.82) is 0 Å². The molecule has 1 aromatic heterocycles. The van der Waals surface area contributed by atoms with Crippen LogP contribution in [0.15, 0.2) is 22.7 Å². The van der Waals surface area contributed by atoms with E-state index in [1.807, 2.05) is 0 Å². The average Bonchev–Trinajstić information content (AvgIpc) is 2.38. The van der Waals surface area contributed by atoms with Gasteiger partial charge in [0.2, 0.25) is 0 Å². The molecule has 5 nitrogen and oxygen atoms in total. The van der Waals surface area contributed by atoms with Crippen LogP contribution < -0.4 is 4.74 Å². The second kappa shape index (κ2) is 5.54. The number of rotatable bonds is 3. The molecule has 104 valence electrons. The van der Waals surface area contributed by atoms with Crippen molar-refractivity contribution in [1.82, 2.24) is 10.2 Å². The molecule has 20 heavy (non-hydrogen) atoms. The van der Waals surface area contributed by atoms with E-state index in [2.05, 4.69) is 26.1 Å². The molecule has 2 aromatic rings. The van der Waals surface area contributed by atoms with E-state index in [1.165, 1.54) is 12.1 Å². The molecule has 0 bridgehead atoms. The van der Waals surface area contributed by atoms with Crippen LogP contribution in [0, 0.1) is 19.7 Å². The van der Waals surface area contributed by atoms with Crippen LogP contribution in [0.2, 0.25) is 0 Å². The SMILES string of the molecule is Cc1nnc(Oc2ccc(Br)c(F)c2)c(C(=O)O)c1C. The monoisotopic (exact) mass is 340 g/mol. The molecule has 0 spiro atoms. The van der Waals surface area contributed by atoms with E-state index < -0.39 is 11.8 Å². The largest absolute Gasteiger partial charge is 0.477 e. The van der Waals surface area contributed by atoms with Crippen molar-refractivity contribution in [2.24, 2.45) is 0 Å². The minimum Gasteiger partial charge on any atom is -0.477 e. The number of carbonyl (C=O) groups is 1. The van der Waals surface area contributed by atoms with Crippen molar-refractivity contribution in [2.75, 3.05) is 0 Å². The molecule has 1 aromatic carbocycles. The molecule has 0 saturated carbocycles. The van der Waals surface area contributed by atoms with E-state index in [9.17, 15) is 14.3 Å². The van der Waals surface area contributed by atoms with Gasteiger partial charge in [-0.05, 0) is 47.5 Å². The first-order valence-electron chi connectivity index (χ1n) is 5.60. The lowest BCUT2D eigenvalue weighted by Gasteiger charge is -2.10. The van der Waals surface area contributed by atoms with Gasteiger partial charge in [-0.1, -0.05) is 0 Å². The predicted molar refractivity (Wildman–Crippen MR) is 72.6 cm³/mol. The molecule has 2 rings (SSSR count). The summed E-state index contributed by atoms with van der Waals surface area (Å²) >= 11 is 3.02. The Bertz CT molecular complexity index is 692. The van der Waals surface area contributed by atoms with Gasteiger partial charge < -0.3 is 9.84 Å². The van der Waals surface area contributed by atoms with Crippen molar-refractivity contribution in [2.45, 2.75) is 13.8 Å². The van der Waals surface area contributed by atoms with Crippen LogP contribution >= 0.6 is 15.9 Å². The van der Waals surface area contributed by atoms with Crippen molar-refractivity contribution in [3.05, 3.63) is 45.3 Å². The number of aromatic carboxylic acids is 1. The van der Waals surface area contributed by atoms with E-state index in [1.54, 1.807) is 13.8 Å². The second-order valence-electron chi connectivity index (χ2n) is 4.07. The topological polar surface area (TPSA) is 72.3 Å². The number of hydrogen-bond donors (Lipinski definition) is 1. The first kappa shape index (κ1) is 14.4. The van der Waals surface area contributed by atoms with E-state index in [0.717, 1.165) is 6.07 Å². The molecule has 0 unspecified atom stereocenters. The van der Waals surface area contributed by atoms with E-state index in [4.69, 9.17) is 4.74 Å². The number of hydrogen-bond acceptors (Lipinski definition) is 4. The zero-order chi connectivity index (χ0) is 14.9. The Hall–Kier alpha value is -2.02. The summed E-state index contributed by atoms with van der Waals surface area (Å²) in [6.07, 6.45) is 0. The fraction of sp³-hybridized carbons (Fsp3) is 0.154. The highest BCUT2D eigenvalue weighted by Crippen LogP contribution is 2.28.